The van der Waals surface area contributed by atoms with Gasteiger partial charge in [-0.1, -0.05) is 31.8 Å². The van der Waals surface area contributed by atoms with E-state index < -0.39 is 8.07 Å². The number of ether oxygens (including phenoxy) is 1. The van der Waals surface area contributed by atoms with Crippen LogP contribution in [0.2, 0.25) is 25.7 Å². The molecule has 2 rings (SSSR count). The lowest BCUT2D eigenvalue weighted by molar-refractivity contribution is 0.0787. The summed E-state index contributed by atoms with van der Waals surface area (Å²) in [5, 5.41) is 13.4. The predicted octanol–water partition coefficient (Wildman–Crippen LogP) is 3.73. The van der Waals surface area contributed by atoms with Crippen LogP contribution in [0.4, 0.5) is 0 Å². The predicted molar refractivity (Wildman–Crippen MR) is 86.5 cm³/mol. The zero-order valence-corrected chi connectivity index (χ0v) is 13.8. The topological polar surface area (TPSA) is 50.8 Å². The van der Waals surface area contributed by atoms with Gasteiger partial charge in [0.05, 0.1) is 17.3 Å². The Labute approximate surface area is 127 Å². The summed E-state index contributed by atoms with van der Waals surface area (Å²) in [5.41, 5.74) is 2.46. The van der Waals surface area contributed by atoms with Gasteiger partial charge in [-0.05, 0) is 24.2 Å². The van der Waals surface area contributed by atoms with Crippen LogP contribution in [0.5, 0.6) is 0 Å². The van der Waals surface area contributed by atoms with Crippen LogP contribution in [0.1, 0.15) is 5.56 Å². The molecule has 0 N–H and O–H groups in total. The van der Waals surface area contributed by atoms with Crippen molar-refractivity contribution in [3.05, 3.63) is 42.1 Å². The Bertz CT molecular complexity index is 637. The second-order valence-corrected chi connectivity index (χ2v) is 11.9. The van der Waals surface area contributed by atoms with Gasteiger partial charge in [-0.15, -0.1) is 0 Å². The maximum Gasteiger partial charge on any atom is 0.139 e. The van der Waals surface area contributed by atoms with Gasteiger partial charge in [-0.25, -0.2) is 4.68 Å². The van der Waals surface area contributed by atoms with Gasteiger partial charge in [0.1, 0.15) is 6.73 Å². The van der Waals surface area contributed by atoms with Gasteiger partial charge in [0, 0.05) is 26.4 Å². The maximum absolute atomic E-state index is 8.93. The highest BCUT2D eigenvalue weighted by atomic mass is 28.3. The lowest BCUT2D eigenvalue weighted by atomic mass is 10.1. The van der Waals surface area contributed by atoms with Crippen molar-refractivity contribution in [1.29, 1.82) is 5.26 Å². The molecule has 0 saturated heterocycles. The first-order valence-corrected chi connectivity index (χ1v) is 10.8. The van der Waals surface area contributed by atoms with Crippen molar-refractivity contribution in [1.82, 2.24) is 9.78 Å². The zero-order chi connectivity index (χ0) is 15.3. The number of hydrogen-bond acceptors (Lipinski definition) is 3. The van der Waals surface area contributed by atoms with Crippen molar-refractivity contribution in [3.63, 3.8) is 0 Å². The molecule has 0 fully saturated rings. The first-order valence-electron chi connectivity index (χ1n) is 7.10. The van der Waals surface area contributed by atoms with E-state index in [4.69, 9.17) is 10.00 Å². The second kappa shape index (κ2) is 6.70. The average Bonchev–Trinajstić information content (AvgIpc) is 2.91. The molecular formula is C16H21N3OSi. The summed E-state index contributed by atoms with van der Waals surface area (Å²) >= 11 is 0. The highest BCUT2D eigenvalue weighted by molar-refractivity contribution is 6.76. The van der Waals surface area contributed by atoms with Gasteiger partial charge in [0.2, 0.25) is 0 Å². The smallest absolute Gasteiger partial charge is 0.139 e. The SMILES string of the molecule is C[Si](C)(C)CCOCn1ccc(-c2cccc(C#N)c2)n1. The van der Waals surface area contributed by atoms with Crippen LogP contribution in [-0.2, 0) is 11.5 Å². The molecule has 0 aliphatic carbocycles. The Morgan fingerprint density at radius 2 is 2.10 bits per heavy atom. The minimum Gasteiger partial charge on any atom is -0.360 e. The molecule has 1 aromatic carbocycles. The van der Waals surface area contributed by atoms with E-state index in [-0.39, 0.29) is 0 Å². The fourth-order valence-electron chi connectivity index (χ4n) is 1.87. The molecule has 21 heavy (non-hydrogen) atoms. The van der Waals surface area contributed by atoms with E-state index in [1.165, 1.54) is 0 Å². The van der Waals surface area contributed by atoms with E-state index in [9.17, 15) is 0 Å². The molecule has 1 aromatic heterocycles. The van der Waals surface area contributed by atoms with Gasteiger partial charge < -0.3 is 4.74 Å². The number of hydrogen-bond donors (Lipinski definition) is 0. The van der Waals surface area contributed by atoms with E-state index in [0.717, 1.165) is 23.9 Å². The Hall–Kier alpha value is -1.90. The summed E-state index contributed by atoms with van der Waals surface area (Å²) in [6.45, 7) is 8.27. The molecule has 0 aliphatic heterocycles. The highest BCUT2D eigenvalue weighted by Crippen LogP contribution is 2.18. The molecule has 4 nitrogen and oxygen atoms in total. The fourth-order valence-corrected chi connectivity index (χ4v) is 2.63. The molecule has 5 heteroatoms. The van der Waals surface area contributed by atoms with E-state index in [0.29, 0.717) is 12.3 Å². The van der Waals surface area contributed by atoms with Gasteiger partial charge in [-0.2, -0.15) is 10.4 Å². The number of nitrogens with zero attached hydrogens (tertiary/aromatic N) is 3. The Balaban J connectivity index is 1.94. The third-order valence-corrected chi connectivity index (χ3v) is 4.85. The summed E-state index contributed by atoms with van der Waals surface area (Å²) in [6, 6.07) is 12.7. The van der Waals surface area contributed by atoms with E-state index in [2.05, 4.69) is 30.8 Å². The zero-order valence-electron chi connectivity index (χ0n) is 12.8. The van der Waals surface area contributed by atoms with Crippen molar-refractivity contribution in [2.75, 3.05) is 6.61 Å². The van der Waals surface area contributed by atoms with Crippen LogP contribution < -0.4 is 0 Å². The maximum atomic E-state index is 8.93. The largest absolute Gasteiger partial charge is 0.360 e. The summed E-state index contributed by atoms with van der Waals surface area (Å²) < 4.78 is 7.46. The van der Waals surface area contributed by atoms with Crippen LogP contribution in [0.25, 0.3) is 11.3 Å². The number of rotatable bonds is 6. The lowest BCUT2D eigenvalue weighted by Crippen LogP contribution is -2.22. The van der Waals surface area contributed by atoms with Crippen LogP contribution in [0.15, 0.2) is 36.5 Å². The highest BCUT2D eigenvalue weighted by Gasteiger charge is 2.12. The second-order valence-electron chi connectivity index (χ2n) is 6.28. The number of aromatic nitrogens is 2. The Kier molecular flexibility index (Phi) is 4.94. The molecule has 1 heterocycles. The molecular weight excluding hydrogens is 278 g/mol. The summed E-state index contributed by atoms with van der Waals surface area (Å²) in [7, 11) is -1.04. The van der Waals surface area contributed by atoms with Gasteiger partial charge >= 0.3 is 0 Å². The van der Waals surface area contributed by atoms with Crippen LogP contribution in [-0.4, -0.2) is 24.5 Å². The van der Waals surface area contributed by atoms with Gasteiger partial charge in [0.15, 0.2) is 0 Å². The average molecular weight is 299 g/mol. The fraction of sp³-hybridized carbons (Fsp3) is 0.375. The molecule has 0 amide bonds. The minimum atomic E-state index is -1.04. The van der Waals surface area contributed by atoms with Crippen molar-refractivity contribution in [2.24, 2.45) is 0 Å². The normalized spacial score (nSPS) is 11.3. The van der Waals surface area contributed by atoms with Crippen molar-refractivity contribution < 1.29 is 4.74 Å². The Morgan fingerprint density at radius 1 is 1.29 bits per heavy atom. The molecule has 0 aliphatic rings. The molecule has 0 bridgehead atoms. The first-order chi connectivity index (χ1) is 9.98. The Morgan fingerprint density at radius 3 is 2.81 bits per heavy atom. The molecule has 0 radical (unpaired) electrons. The molecule has 2 aromatic rings. The van der Waals surface area contributed by atoms with Crippen LogP contribution in [0.3, 0.4) is 0 Å². The summed E-state index contributed by atoms with van der Waals surface area (Å²) in [4.78, 5) is 0. The quantitative estimate of drug-likeness (QED) is 0.603. The molecule has 0 atom stereocenters. The standard InChI is InChI=1S/C16H21N3OSi/c1-21(2,3)10-9-20-13-19-8-7-16(18-19)15-6-4-5-14(11-15)12-17/h4-8,11H,9-10,13H2,1-3H3. The van der Waals surface area contributed by atoms with Crippen LogP contribution >= 0.6 is 0 Å². The van der Waals surface area contributed by atoms with E-state index in [1.54, 1.807) is 10.7 Å². The van der Waals surface area contributed by atoms with Crippen molar-refractivity contribution in [2.45, 2.75) is 32.4 Å². The van der Waals surface area contributed by atoms with Gasteiger partial charge in [-0.3, -0.25) is 0 Å². The summed E-state index contributed by atoms with van der Waals surface area (Å²) in [6.07, 6.45) is 1.91. The van der Waals surface area contributed by atoms with Crippen molar-refractivity contribution >= 4 is 8.07 Å². The van der Waals surface area contributed by atoms with Crippen LogP contribution in [0, 0.1) is 11.3 Å². The number of nitriles is 1. The third-order valence-electron chi connectivity index (χ3n) is 3.15. The van der Waals surface area contributed by atoms with E-state index in [1.807, 2.05) is 30.5 Å². The minimum absolute atomic E-state index is 0.475. The van der Waals surface area contributed by atoms with E-state index >= 15 is 0 Å². The van der Waals surface area contributed by atoms with Crippen molar-refractivity contribution in [3.8, 4) is 17.3 Å². The monoisotopic (exact) mass is 299 g/mol. The lowest BCUT2D eigenvalue weighted by Gasteiger charge is -2.15. The summed E-state index contributed by atoms with van der Waals surface area (Å²) in [5.74, 6) is 0. The molecule has 0 spiro atoms. The van der Waals surface area contributed by atoms with Gasteiger partial charge in [0.25, 0.3) is 0 Å². The molecule has 0 unspecified atom stereocenters. The molecule has 110 valence electrons. The third kappa shape index (κ3) is 4.85. The number of benzene rings is 1. The first kappa shape index (κ1) is 15.5. The molecule has 0 saturated carbocycles.